The number of benzene rings is 1. The van der Waals surface area contributed by atoms with E-state index in [0.717, 1.165) is 0 Å². The lowest BCUT2D eigenvalue weighted by atomic mass is 10.1. The number of nitrogens with one attached hydrogen (secondary N) is 1. The van der Waals surface area contributed by atoms with Gasteiger partial charge >= 0.3 is 5.97 Å². The molecule has 21 heavy (non-hydrogen) atoms. The number of hydrogen-bond donors (Lipinski definition) is 2. The second kappa shape index (κ2) is 5.65. The van der Waals surface area contributed by atoms with E-state index in [-0.39, 0.29) is 11.4 Å². The maximum absolute atomic E-state index is 12.0. The van der Waals surface area contributed by atoms with E-state index in [1.165, 1.54) is 24.3 Å². The molecule has 0 radical (unpaired) electrons. The van der Waals surface area contributed by atoms with E-state index in [1.807, 2.05) is 0 Å². The van der Waals surface area contributed by atoms with Crippen LogP contribution in [0.15, 0.2) is 29.2 Å². The Morgan fingerprint density at radius 1 is 1.24 bits per heavy atom. The molecular weight excluding hydrogens is 318 g/mol. The second-order valence-corrected chi connectivity index (χ2v) is 7.50. The Balaban J connectivity index is 1.96. The lowest BCUT2D eigenvalue weighted by Gasteiger charge is -2.11. The summed E-state index contributed by atoms with van der Waals surface area (Å²) in [6.07, 6.45) is 0.985. The van der Waals surface area contributed by atoms with Crippen molar-refractivity contribution in [2.24, 2.45) is 5.41 Å². The van der Waals surface area contributed by atoms with Gasteiger partial charge in [-0.3, -0.25) is 9.59 Å². The van der Waals surface area contributed by atoms with Gasteiger partial charge in [0, 0.05) is 11.6 Å². The summed E-state index contributed by atoms with van der Waals surface area (Å²) >= 11 is 5.67. The van der Waals surface area contributed by atoms with E-state index in [1.54, 1.807) is 0 Å². The quantitative estimate of drug-likeness (QED) is 0.812. The van der Waals surface area contributed by atoms with Crippen LogP contribution >= 0.6 is 11.6 Å². The first-order valence-electron chi connectivity index (χ1n) is 6.24. The molecule has 0 atom stereocenters. The van der Waals surface area contributed by atoms with Crippen LogP contribution in [0, 0.1) is 5.41 Å². The maximum Gasteiger partial charge on any atom is 0.311 e. The highest BCUT2D eigenvalue weighted by molar-refractivity contribution is 7.92. The summed E-state index contributed by atoms with van der Waals surface area (Å²) in [5.74, 6) is -2.40. The van der Waals surface area contributed by atoms with Gasteiger partial charge in [0.25, 0.3) is 0 Å². The SMILES string of the molecule is O=C(CS(=O)(=O)c1ccc(Cl)cc1)NCC1(C(=O)O)CC1. The largest absolute Gasteiger partial charge is 0.481 e. The van der Waals surface area contributed by atoms with E-state index in [2.05, 4.69) is 5.32 Å². The number of carboxylic acid groups (broad SMARTS) is 1. The zero-order valence-electron chi connectivity index (χ0n) is 11.0. The molecule has 0 saturated heterocycles. The van der Waals surface area contributed by atoms with Gasteiger partial charge in [-0.25, -0.2) is 8.42 Å². The number of rotatable bonds is 6. The van der Waals surface area contributed by atoms with Gasteiger partial charge in [0.2, 0.25) is 5.91 Å². The highest BCUT2D eigenvalue weighted by Gasteiger charge is 2.50. The second-order valence-electron chi connectivity index (χ2n) is 5.08. The fraction of sp³-hybridized carbons (Fsp3) is 0.385. The zero-order chi connectivity index (χ0) is 15.7. The minimum absolute atomic E-state index is 0.00131. The first kappa shape index (κ1) is 15.8. The molecule has 2 rings (SSSR count). The van der Waals surface area contributed by atoms with Crippen LogP contribution in [0.2, 0.25) is 5.02 Å². The molecule has 8 heteroatoms. The standard InChI is InChI=1S/C13H14ClNO5S/c14-9-1-3-10(4-2-9)21(19,20)7-11(16)15-8-13(5-6-13)12(17)18/h1-4H,5-8H2,(H,15,16)(H,17,18). The monoisotopic (exact) mass is 331 g/mol. The van der Waals surface area contributed by atoms with Gasteiger partial charge in [-0.1, -0.05) is 11.6 Å². The van der Waals surface area contributed by atoms with Crippen LogP contribution in [-0.2, 0) is 19.4 Å². The van der Waals surface area contributed by atoms with Crippen LogP contribution < -0.4 is 5.32 Å². The number of carbonyl (C=O) groups excluding carboxylic acids is 1. The molecule has 0 unspecified atom stereocenters. The average Bonchev–Trinajstić information content (AvgIpc) is 3.17. The summed E-state index contributed by atoms with van der Waals surface area (Å²) < 4.78 is 24.0. The maximum atomic E-state index is 12.0. The van der Waals surface area contributed by atoms with Gasteiger partial charge in [0.05, 0.1) is 10.3 Å². The number of hydrogen-bond acceptors (Lipinski definition) is 4. The molecule has 0 aliphatic heterocycles. The average molecular weight is 332 g/mol. The molecule has 0 heterocycles. The minimum atomic E-state index is -3.76. The summed E-state index contributed by atoms with van der Waals surface area (Å²) in [5.41, 5.74) is -0.917. The van der Waals surface area contributed by atoms with Crippen molar-refractivity contribution in [2.75, 3.05) is 12.3 Å². The van der Waals surface area contributed by atoms with Gasteiger partial charge in [0.1, 0.15) is 5.75 Å². The van der Waals surface area contributed by atoms with Gasteiger partial charge in [-0.15, -0.1) is 0 Å². The molecule has 0 spiro atoms. The van der Waals surface area contributed by atoms with E-state index in [0.29, 0.717) is 17.9 Å². The molecular formula is C13H14ClNO5S. The van der Waals surface area contributed by atoms with E-state index in [4.69, 9.17) is 16.7 Å². The number of amides is 1. The topological polar surface area (TPSA) is 101 Å². The molecule has 1 aromatic rings. The Kier molecular flexibility index (Phi) is 4.25. The van der Waals surface area contributed by atoms with Crippen molar-refractivity contribution < 1.29 is 23.1 Å². The van der Waals surface area contributed by atoms with E-state index in [9.17, 15) is 18.0 Å². The summed E-state index contributed by atoms with van der Waals surface area (Å²) in [6, 6.07) is 5.50. The number of carbonyl (C=O) groups is 2. The van der Waals surface area contributed by atoms with Crippen molar-refractivity contribution in [2.45, 2.75) is 17.7 Å². The Labute approximate surface area is 127 Å². The smallest absolute Gasteiger partial charge is 0.311 e. The predicted molar refractivity (Wildman–Crippen MR) is 75.8 cm³/mol. The van der Waals surface area contributed by atoms with Crippen molar-refractivity contribution in [1.29, 1.82) is 0 Å². The van der Waals surface area contributed by atoms with Crippen LogP contribution in [-0.4, -0.2) is 37.7 Å². The van der Waals surface area contributed by atoms with Gasteiger partial charge in [-0.2, -0.15) is 0 Å². The normalized spacial score (nSPS) is 16.2. The Morgan fingerprint density at radius 2 is 1.81 bits per heavy atom. The zero-order valence-corrected chi connectivity index (χ0v) is 12.6. The van der Waals surface area contributed by atoms with Crippen molar-refractivity contribution in [1.82, 2.24) is 5.32 Å². The van der Waals surface area contributed by atoms with Crippen molar-refractivity contribution in [3.8, 4) is 0 Å². The summed E-state index contributed by atoms with van der Waals surface area (Å²) in [5, 5.41) is 11.7. The van der Waals surface area contributed by atoms with Crippen LogP contribution in [0.4, 0.5) is 0 Å². The summed E-state index contributed by atoms with van der Waals surface area (Å²) in [7, 11) is -3.76. The summed E-state index contributed by atoms with van der Waals surface area (Å²) in [6.45, 7) is -0.0443. The first-order valence-corrected chi connectivity index (χ1v) is 8.27. The fourth-order valence-electron chi connectivity index (χ4n) is 1.83. The van der Waals surface area contributed by atoms with E-state index < -0.39 is 32.9 Å². The van der Waals surface area contributed by atoms with Crippen LogP contribution in [0.25, 0.3) is 0 Å². The number of halogens is 1. The molecule has 2 N–H and O–H groups in total. The number of aliphatic carboxylic acids is 1. The van der Waals surface area contributed by atoms with Crippen molar-refractivity contribution in [3.63, 3.8) is 0 Å². The third kappa shape index (κ3) is 3.74. The lowest BCUT2D eigenvalue weighted by Crippen LogP contribution is -2.37. The summed E-state index contributed by atoms with van der Waals surface area (Å²) in [4.78, 5) is 22.6. The highest BCUT2D eigenvalue weighted by Crippen LogP contribution is 2.45. The van der Waals surface area contributed by atoms with Gasteiger partial charge < -0.3 is 10.4 Å². The van der Waals surface area contributed by atoms with Crippen LogP contribution in [0.5, 0.6) is 0 Å². The van der Waals surface area contributed by atoms with Crippen molar-refractivity contribution in [3.05, 3.63) is 29.3 Å². The Hall–Kier alpha value is -1.60. The molecule has 1 saturated carbocycles. The first-order chi connectivity index (χ1) is 9.75. The molecule has 6 nitrogen and oxygen atoms in total. The third-order valence-corrected chi connectivity index (χ3v) is 5.31. The van der Waals surface area contributed by atoms with Gasteiger partial charge in [0.15, 0.2) is 9.84 Å². The molecule has 0 bridgehead atoms. The lowest BCUT2D eigenvalue weighted by molar-refractivity contribution is -0.143. The molecule has 1 aromatic carbocycles. The fourth-order valence-corrected chi connectivity index (χ4v) is 3.12. The van der Waals surface area contributed by atoms with Gasteiger partial charge in [-0.05, 0) is 37.1 Å². The molecule has 1 aliphatic carbocycles. The molecule has 1 amide bonds. The van der Waals surface area contributed by atoms with E-state index >= 15 is 0 Å². The Bertz CT molecular complexity index is 664. The molecule has 1 fully saturated rings. The van der Waals surface area contributed by atoms with Crippen LogP contribution in [0.1, 0.15) is 12.8 Å². The predicted octanol–water partition coefficient (Wildman–Crippen LogP) is 1.09. The number of carboxylic acids is 1. The van der Waals surface area contributed by atoms with Crippen molar-refractivity contribution >= 4 is 33.3 Å². The minimum Gasteiger partial charge on any atom is -0.481 e. The molecule has 1 aliphatic rings. The molecule has 0 aromatic heterocycles. The Morgan fingerprint density at radius 3 is 2.29 bits per heavy atom. The molecule has 114 valence electrons. The highest BCUT2D eigenvalue weighted by atomic mass is 35.5. The van der Waals surface area contributed by atoms with Crippen LogP contribution in [0.3, 0.4) is 0 Å². The third-order valence-electron chi connectivity index (χ3n) is 3.43. The number of sulfone groups is 1.